The Labute approximate surface area is 122 Å². The normalized spacial score (nSPS) is 12.9. The summed E-state index contributed by atoms with van der Waals surface area (Å²) in [5.74, 6) is 0.902. The van der Waals surface area contributed by atoms with Gasteiger partial charge in [-0.3, -0.25) is 0 Å². The molecule has 1 aromatic carbocycles. The van der Waals surface area contributed by atoms with Crippen molar-refractivity contribution < 1.29 is 4.52 Å². The quantitative estimate of drug-likeness (QED) is 0.774. The summed E-state index contributed by atoms with van der Waals surface area (Å²) in [6, 6.07) is 11.0. The zero-order valence-corrected chi connectivity index (χ0v) is 12.8. The van der Waals surface area contributed by atoms with Crippen LogP contribution in [-0.2, 0) is 6.54 Å². The van der Waals surface area contributed by atoms with E-state index in [1.165, 1.54) is 20.5 Å². The van der Waals surface area contributed by atoms with Gasteiger partial charge in [0.1, 0.15) is 5.76 Å². The largest absolute Gasteiger partial charge is 0.361 e. The van der Waals surface area contributed by atoms with Crippen molar-refractivity contribution in [3.63, 3.8) is 0 Å². The molecule has 1 atom stereocenters. The van der Waals surface area contributed by atoms with E-state index in [4.69, 9.17) is 4.52 Å². The van der Waals surface area contributed by atoms with Gasteiger partial charge in [-0.25, -0.2) is 0 Å². The Morgan fingerprint density at radius 2 is 2.10 bits per heavy atom. The Kier molecular flexibility index (Phi) is 3.59. The fourth-order valence-electron chi connectivity index (χ4n) is 2.59. The summed E-state index contributed by atoms with van der Waals surface area (Å²) >= 11 is 1.84. The van der Waals surface area contributed by atoms with Gasteiger partial charge in [-0.15, -0.1) is 11.3 Å². The molecule has 20 heavy (non-hydrogen) atoms. The summed E-state index contributed by atoms with van der Waals surface area (Å²) in [5, 5.41) is 8.89. The zero-order valence-electron chi connectivity index (χ0n) is 11.9. The lowest BCUT2D eigenvalue weighted by Crippen LogP contribution is -2.18. The van der Waals surface area contributed by atoms with Crippen LogP contribution >= 0.6 is 11.3 Å². The first-order chi connectivity index (χ1) is 9.65. The van der Waals surface area contributed by atoms with Crippen molar-refractivity contribution in [2.24, 2.45) is 0 Å². The molecular weight excluding hydrogens is 268 g/mol. The molecule has 0 fully saturated rings. The van der Waals surface area contributed by atoms with E-state index in [1.54, 1.807) is 0 Å². The van der Waals surface area contributed by atoms with Gasteiger partial charge in [0.2, 0.25) is 0 Å². The zero-order chi connectivity index (χ0) is 14.1. The Balaban J connectivity index is 1.73. The minimum atomic E-state index is 0.242. The summed E-state index contributed by atoms with van der Waals surface area (Å²) in [6.45, 7) is 6.97. The maximum absolute atomic E-state index is 5.23. The number of aryl methyl sites for hydroxylation is 2. The lowest BCUT2D eigenvalue weighted by Gasteiger charge is -2.12. The van der Waals surface area contributed by atoms with Crippen molar-refractivity contribution in [1.82, 2.24) is 10.5 Å². The number of hydrogen-bond donors (Lipinski definition) is 1. The molecule has 0 amide bonds. The summed E-state index contributed by atoms with van der Waals surface area (Å²) in [7, 11) is 0. The summed E-state index contributed by atoms with van der Waals surface area (Å²) in [6.07, 6.45) is 0. The molecule has 0 aliphatic carbocycles. The standard InChI is InChI=1S/C16H18N2OS/c1-10(16-11(2)18-19-12(16)3)17-9-14-8-13-6-4-5-7-15(13)20-14/h4-8,10,17H,9H2,1-3H3. The van der Waals surface area contributed by atoms with Crippen LogP contribution in [0.5, 0.6) is 0 Å². The second-order valence-electron chi connectivity index (χ2n) is 5.09. The second-order valence-corrected chi connectivity index (χ2v) is 6.26. The van der Waals surface area contributed by atoms with Crippen LogP contribution in [0.25, 0.3) is 10.1 Å². The molecule has 2 aromatic heterocycles. The number of hydrogen-bond acceptors (Lipinski definition) is 4. The molecule has 0 radical (unpaired) electrons. The summed E-state index contributed by atoms with van der Waals surface area (Å²) in [4.78, 5) is 1.35. The molecule has 1 N–H and O–H groups in total. The monoisotopic (exact) mass is 286 g/mol. The molecule has 0 saturated heterocycles. The van der Waals surface area contributed by atoms with Crippen LogP contribution in [0.2, 0.25) is 0 Å². The Bertz CT molecular complexity index is 676. The number of nitrogens with zero attached hydrogens (tertiary/aromatic N) is 1. The van der Waals surface area contributed by atoms with Crippen molar-refractivity contribution in [1.29, 1.82) is 0 Å². The predicted molar refractivity (Wildman–Crippen MR) is 83.1 cm³/mol. The van der Waals surface area contributed by atoms with Crippen LogP contribution in [0.15, 0.2) is 34.9 Å². The Morgan fingerprint density at radius 1 is 1.30 bits per heavy atom. The van der Waals surface area contributed by atoms with E-state index in [0.717, 1.165) is 18.0 Å². The van der Waals surface area contributed by atoms with E-state index in [2.05, 4.69) is 47.7 Å². The first-order valence-corrected chi connectivity index (χ1v) is 7.60. The fraction of sp³-hybridized carbons (Fsp3) is 0.312. The van der Waals surface area contributed by atoms with Crippen LogP contribution in [0, 0.1) is 13.8 Å². The molecule has 104 valence electrons. The minimum absolute atomic E-state index is 0.242. The fourth-order valence-corrected chi connectivity index (χ4v) is 3.60. The first kappa shape index (κ1) is 13.3. The van der Waals surface area contributed by atoms with Gasteiger partial charge >= 0.3 is 0 Å². The maximum atomic E-state index is 5.23. The molecule has 2 heterocycles. The predicted octanol–water partition coefficient (Wildman–Crippen LogP) is 4.36. The third kappa shape index (κ3) is 2.49. The third-order valence-electron chi connectivity index (χ3n) is 3.58. The van der Waals surface area contributed by atoms with Crippen molar-refractivity contribution in [3.05, 3.63) is 52.2 Å². The van der Waals surface area contributed by atoms with E-state index in [1.807, 2.05) is 25.2 Å². The molecule has 0 bridgehead atoms. The molecule has 4 heteroatoms. The molecule has 3 rings (SSSR count). The molecule has 0 saturated carbocycles. The highest BCUT2D eigenvalue weighted by Crippen LogP contribution is 2.26. The number of benzene rings is 1. The van der Waals surface area contributed by atoms with Crippen LogP contribution < -0.4 is 5.32 Å². The average molecular weight is 286 g/mol. The average Bonchev–Trinajstić information content (AvgIpc) is 2.99. The number of aromatic nitrogens is 1. The number of nitrogens with one attached hydrogen (secondary N) is 1. The Morgan fingerprint density at radius 3 is 2.80 bits per heavy atom. The van der Waals surface area contributed by atoms with Crippen molar-refractivity contribution in [3.8, 4) is 0 Å². The first-order valence-electron chi connectivity index (χ1n) is 6.79. The van der Waals surface area contributed by atoms with E-state index in [9.17, 15) is 0 Å². The lowest BCUT2D eigenvalue weighted by atomic mass is 10.1. The van der Waals surface area contributed by atoms with Gasteiger partial charge in [0, 0.05) is 27.7 Å². The van der Waals surface area contributed by atoms with Crippen LogP contribution in [0.4, 0.5) is 0 Å². The highest BCUT2D eigenvalue weighted by atomic mass is 32.1. The van der Waals surface area contributed by atoms with E-state index in [0.29, 0.717) is 0 Å². The topological polar surface area (TPSA) is 38.1 Å². The smallest absolute Gasteiger partial charge is 0.138 e. The number of rotatable bonds is 4. The molecule has 3 aromatic rings. The van der Waals surface area contributed by atoms with Gasteiger partial charge in [-0.05, 0) is 38.3 Å². The van der Waals surface area contributed by atoms with Gasteiger partial charge in [0.25, 0.3) is 0 Å². The molecule has 1 unspecified atom stereocenters. The van der Waals surface area contributed by atoms with E-state index in [-0.39, 0.29) is 6.04 Å². The Hall–Kier alpha value is -1.65. The lowest BCUT2D eigenvalue weighted by molar-refractivity contribution is 0.390. The molecule has 3 nitrogen and oxygen atoms in total. The minimum Gasteiger partial charge on any atom is -0.361 e. The van der Waals surface area contributed by atoms with E-state index < -0.39 is 0 Å². The van der Waals surface area contributed by atoms with Crippen molar-refractivity contribution >= 4 is 21.4 Å². The summed E-state index contributed by atoms with van der Waals surface area (Å²) < 4.78 is 6.57. The number of thiophene rings is 1. The van der Waals surface area contributed by atoms with Crippen molar-refractivity contribution in [2.45, 2.75) is 33.4 Å². The van der Waals surface area contributed by atoms with Crippen LogP contribution in [0.1, 0.15) is 34.9 Å². The van der Waals surface area contributed by atoms with Gasteiger partial charge in [0.05, 0.1) is 5.69 Å². The van der Waals surface area contributed by atoms with Gasteiger partial charge < -0.3 is 9.84 Å². The van der Waals surface area contributed by atoms with Gasteiger partial charge in [-0.2, -0.15) is 0 Å². The second kappa shape index (κ2) is 5.38. The van der Waals surface area contributed by atoms with Crippen LogP contribution in [-0.4, -0.2) is 5.16 Å². The highest BCUT2D eigenvalue weighted by Gasteiger charge is 2.16. The maximum Gasteiger partial charge on any atom is 0.138 e. The van der Waals surface area contributed by atoms with Gasteiger partial charge in [0.15, 0.2) is 0 Å². The third-order valence-corrected chi connectivity index (χ3v) is 4.70. The van der Waals surface area contributed by atoms with Crippen molar-refractivity contribution in [2.75, 3.05) is 0 Å². The van der Waals surface area contributed by atoms with Crippen LogP contribution in [0.3, 0.4) is 0 Å². The SMILES string of the molecule is Cc1noc(C)c1C(C)NCc1cc2ccccc2s1. The molecule has 0 aliphatic rings. The summed E-state index contributed by atoms with van der Waals surface area (Å²) in [5.41, 5.74) is 2.14. The van der Waals surface area contributed by atoms with Gasteiger partial charge in [-0.1, -0.05) is 23.4 Å². The molecular formula is C16H18N2OS. The molecule has 0 spiro atoms. The molecule has 0 aliphatic heterocycles. The highest BCUT2D eigenvalue weighted by molar-refractivity contribution is 7.19. The number of fused-ring (bicyclic) bond motifs is 1. The van der Waals surface area contributed by atoms with E-state index >= 15 is 0 Å².